The van der Waals surface area contributed by atoms with Crippen LogP contribution in [-0.2, 0) is 17.6 Å². The molecule has 0 bridgehead atoms. The van der Waals surface area contributed by atoms with Crippen molar-refractivity contribution in [1.29, 1.82) is 0 Å². The standard InChI is InChI=1S/C24H29N3O/c1-18-15-16-27-22(17-18)25-21(13-11-19-7-3-2-4-8-19)24(27)26-23(28)14-12-20-9-5-6-10-20/h2-4,7-8,15-17,20H,5-6,9-14H2,1H3,(H,26,28). The van der Waals surface area contributed by atoms with Crippen molar-refractivity contribution in [1.82, 2.24) is 9.38 Å². The Bertz CT molecular complexity index is 939. The van der Waals surface area contributed by atoms with Gasteiger partial charge >= 0.3 is 0 Å². The summed E-state index contributed by atoms with van der Waals surface area (Å²) in [6, 6.07) is 14.6. The molecule has 0 aliphatic heterocycles. The molecule has 2 heterocycles. The minimum atomic E-state index is 0.107. The van der Waals surface area contributed by atoms with Gasteiger partial charge in [-0.1, -0.05) is 56.0 Å². The first-order valence-corrected chi connectivity index (χ1v) is 10.5. The fourth-order valence-electron chi connectivity index (χ4n) is 4.24. The summed E-state index contributed by atoms with van der Waals surface area (Å²) in [5, 5.41) is 3.17. The number of amides is 1. The molecule has 0 atom stereocenters. The van der Waals surface area contributed by atoms with E-state index in [2.05, 4.69) is 48.6 Å². The maximum absolute atomic E-state index is 12.7. The quantitative estimate of drug-likeness (QED) is 0.606. The third-order valence-corrected chi connectivity index (χ3v) is 5.86. The number of hydrogen-bond donors (Lipinski definition) is 1. The Morgan fingerprint density at radius 1 is 1.14 bits per heavy atom. The van der Waals surface area contributed by atoms with Crippen LogP contribution in [0.15, 0.2) is 48.7 Å². The lowest BCUT2D eigenvalue weighted by Gasteiger charge is -2.10. The molecule has 1 aliphatic rings. The summed E-state index contributed by atoms with van der Waals surface area (Å²) in [5.74, 6) is 1.67. The molecule has 1 aromatic carbocycles. The average Bonchev–Trinajstić information content (AvgIpc) is 3.33. The van der Waals surface area contributed by atoms with Gasteiger partial charge in [-0.3, -0.25) is 9.20 Å². The number of carbonyl (C=O) groups excluding carboxylic acids is 1. The molecular weight excluding hydrogens is 346 g/mol. The van der Waals surface area contributed by atoms with Crippen molar-refractivity contribution in [2.75, 3.05) is 5.32 Å². The van der Waals surface area contributed by atoms with Crippen molar-refractivity contribution in [2.45, 2.75) is 58.3 Å². The largest absolute Gasteiger partial charge is 0.310 e. The van der Waals surface area contributed by atoms with Gasteiger partial charge in [0.15, 0.2) is 0 Å². The fourth-order valence-corrected chi connectivity index (χ4v) is 4.24. The second-order valence-corrected chi connectivity index (χ2v) is 8.06. The Hall–Kier alpha value is -2.62. The number of hydrogen-bond acceptors (Lipinski definition) is 2. The molecule has 4 nitrogen and oxygen atoms in total. The van der Waals surface area contributed by atoms with Crippen molar-refractivity contribution in [3.8, 4) is 0 Å². The van der Waals surface area contributed by atoms with Crippen molar-refractivity contribution < 1.29 is 4.79 Å². The van der Waals surface area contributed by atoms with Gasteiger partial charge in [0, 0.05) is 12.6 Å². The van der Waals surface area contributed by atoms with Crippen molar-refractivity contribution >= 4 is 17.4 Å². The maximum Gasteiger partial charge on any atom is 0.225 e. The molecule has 1 fully saturated rings. The summed E-state index contributed by atoms with van der Waals surface area (Å²) < 4.78 is 2.01. The number of anilines is 1. The third kappa shape index (κ3) is 4.44. The Labute approximate surface area is 167 Å². The number of pyridine rings is 1. The van der Waals surface area contributed by atoms with Crippen LogP contribution in [0.5, 0.6) is 0 Å². The predicted octanol–water partition coefficient (Wildman–Crippen LogP) is 5.34. The normalized spacial score (nSPS) is 14.6. The van der Waals surface area contributed by atoms with Gasteiger partial charge in [0.1, 0.15) is 11.5 Å². The number of aryl methyl sites for hydroxylation is 3. The van der Waals surface area contributed by atoms with E-state index in [9.17, 15) is 4.79 Å². The highest BCUT2D eigenvalue weighted by atomic mass is 16.1. The molecule has 0 radical (unpaired) electrons. The van der Waals surface area contributed by atoms with E-state index in [1.54, 1.807) is 0 Å². The number of benzene rings is 1. The zero-order valence-electron chi connectivity index (χ0n) is 16.7. The first-order valence-electron chi connectivity index (χ1n) is 10.5. The van der Waals surface area contributed by atoms with Gasteiger partial charge in [0.2, 0.25) is 5.91 Å². The van der Waals surface area contributed by atoms with E-state index in [1.807, 2.05) is 16.7 Å². The van der Waals surface area contributed by atoms with Gasteiger partial charge in [-0.2, -0.15) is 0 Å². The summed E-state index contributed by atoms with van der Waals surface area (Å²) in [4.78, 5) is 17.5. The molecule has 2 aromatic heterocycles. The van der Waals surface area contributed by atoms with Crippen LogP contribution >= 0.6 is 0 Å². The topological polar surface area (TPSA) is 46.4 Å². The average molecular weight is 376 g/mol. The Balaban J connectivity index is 1.51. The van der Waals surface area contributed by atoms with Crippen LogP contribution in [0, 0.1) is 12.8 Å². The highest BCUT2D eigenvalue weighted by Gasteiger charge is 2.18. The summed E-state index contributed by atoms with van der Waals surface area (Å²) in [6.45, 7) is 2.07. The number of fused-ring (bicyclic) bond motifs is 1. The van der Waals surface area contributed by atoms with Gasteiger partial charge in [-0.15, -0.1) is 0 Å². The molecule has 1 N–H and O–H groups in total. The maximum atomic E-state index is 12.7. The lowest BCUT2D eigenvalue weighted by atomic mass is 10.0. The number of nitrogens with zero attached hydrogens (tertiary/aromatic N) is 2. The highest BCUT2D eigenvalue weighted by molar-refractivity contribution is 5.91. The van der Waals surface area contributed by atoms with Crippen LogP contribution in [0.3, 0.4) is 0 Å². The van der Waals surface area contributed by atoms with Crippen LogP contribution in [0.1, 0.15) is 55.3 Å². The molecule has 3 aromatic rings. The van der Waals surface area contributed by atoms with E-state index >= 15 is 0 Å². The molecule has 146 valence electrons. The molecule has 1 amide bonds. The van der Waals surface area contributed by atoms with Gasteiger partial charge in [0.05, 0.1) is 5.69 Å². The van der Waals surface area contributed by atoms with Gasteiger partial charge < -0.3 is 5.32 Å². The molecule has 0 saturated heterocycles. The fraction of sp³-hybridized carbons (Fsp3) is 0.417. The predicted molar refractivity (Wildman–Crippen MR) is 114 cm³/mol. The molecular formula is C24H29N3O. The zero-order chi connectivity index (χ0) is 19.3. The number of carbonyl (C=O) groups is 1. The van der Waals surface area contributed by atoms with E-state index in [0.717, 1.165) is 42.3 Å². The lowest BCUT2D eigenvalue weighted by molar-refractivity contribution is -0.116. The molecule has 0 spiro atoms. The second-order valence-electron chi connectivity index (χ2n) is 8.06. The lowest BCUT2D eigenvalue weighted by Crippen LogP contribution is -2.15. The van der Waals surface area contributed by atoms with Crippen LogP contribution in [0.2, 0.25) is 0 Å². The van der Waals surface area contributed by atoms with Crippen molar-refractivity contribution in [3.05, 3.63) is 65.5 Å². The van der Waals surface area contributed by atoms with E-state index < -0.39 is 0 Å². The van der Waals surface area contributed by atoms with Gasteiger partial charge in [-0.05, 0) is 55.4 Å². The summed E-state index contributed by atoms with van der Waals surface area (Å²) in [5.41, 5.74) is 4.32. The number of aromatic nitrogens is 2. The number of rotatable bonds is 7. The monoisotopic (exact) mass is 375 g/mol. The first kappa shape index (κ1) is 18.7. The SMILES string of the molecule is Cc1ccn2c(NC(=O)CCC3CCCC3)c(CCc3ccccc3)nc2c1. The molecule has 4 heteroatoms. The zero-order valence-corrected chi connectivity index (χ0v) is 16.7. The molecule has 0 unspecified atom stereocenters. The van der Waals surface area contributed by atoms with Crippen LogP contribution < -0.4 is 5.32 Å². The third-order valence-electron chi connectivity index (χ3n) is 5.86. The minimum absolute atomic E-state index is 0.107. The van der Waals surface area contributed by atoms with Crippen LogP contribution in [0.4, 0.5) is 5.82 Å². The number of nitrogens with one attached hydrogen (secondary N) is 1. The Kier molecular flexibility index (Phi) is 5.75. The van der Waals surface area contributed by atoms with Crippen molar-refractivity contribution in [3.63, 3.8) is 0 Å². The summed E-state index contributed by atoms with van der Waals surface area (Å²) in [7, 11) is 0. The van der Waals surface area contributed by atoms with Crippen molar-refractivity contribution in [2.24, 2.45) is 5.92 Å². The minimum Gasteiger partial charge on any atom is -0.310 e. The molecule has 1 aliphatic carbocycles. The van der Waals surface area contributed by atoms with E-state index in [0.29, 0.717) is 6.42 Å². The van der Waals surface area contributed by atoms with E-state index in [-0.39, 0.29) is 5.91 Å². The highest BCUT2D eigenvalue weighted by Crippen LogP contribution is 2.29. The second kappa shape index (κ2) is 8.59. The van der Waals surface area contributed by atoms with Crippen LogP contribution in [-0.4, -0.2) is 15.3 Å². The molecule has 28 heavy (non-hydrogen) atoms. The molecule has 1 saturated carbocycles. The first-order chi connectivity index (χ1) is 13.7. The van der Waals surface area contributed by atoms with E-state index in [1.165, 1.54) is 36.8 Å². The number of imidazole rings is 1. The Morgan fingerprint density at radius 2 is 1.93 bits per heavy atom. The van der Waals surface area contributed by atoms with Crippen LogP contribution in [0.25, 0.3) is 5.65 Å². The summed E-state index contributed by atoms with van der Waals surface area (Å²) in [6.07, 6.45) is 10.5. The van der Waals surface area contributed by atoms with Gasteiger partial charge in [-0.25, -0.2) is 4.98 Å². The van der Waals surface area contributed by atoms with E-state index in [4.69, 9.17) is 4.98 Å². The smallest absolute Gasteiger partial charge is 0.225 e. The van der Waals surface area contributed by atoms with Gasteiger partial charge in [0.25, 0.3) is 0 Å². The summed E-state index contributed by atoms with van der Waals surface area (Å²) >= 11 is 0. The molecule has 4 rings (SSSR count). The Morgan fingerprint density at radius 3 is 2.71 bits per heavy atom.